The highest BCUT2D eigenvalue weighted by Gasteiger charge is 2.20. The third-order valence-electron chi connectivity index (χ3n) is 3.64. The van der Waals surface area contributed by atoms with Crippen molar-refractivity contribution in [1.82, 2.24) is 0 Å². The monoisotopic (exact) mass is 282 g/mol. The molecular formula is C18H34O2. The number of hydrogen-bond acceptors (Lipinski definition) is 2. The molecule has 0 saturated carbocycles. The Labute approximate surface area is 126 Å². The van der Waals surface area contributed by atoms with Crippen LogP contribution in [0.25, 0.3) is 0 Å². The fourth-order valence-electron chi connectivity index (χ4n) is 2.19. The fraction of sp³-hybridized carbons (Fsp3) is 0.889. The molecule has 0 aromatic heterocycles. The highest BCUT2D eigenvalue weighted by Crippen LogP contribution is 2.17. The SMILES string of the molecule is CCCCCC[C@](C)(O)C#C[C@@](C)(O)CCCCCC. The molecule has 0 aliphatic carbocycles. The van der Waals surface area contributed by atoms with Crippen LogP contribution in [0.4, 0.5) is 0 Å². The summed E-state index contributed by atoms with van der Waals surface area (Å²) in [6, 6.07) is 0. The lowest BCUT2D eigenvalue weighted by molar-refractivity contribution is 0.0969. The third kappa shape index (κ3) is 11.3. The Hall–Kier alpha value is -0.520. The van der Waals surface area contributed by atoms with Gasteiger partial charge >= 0.3 is 0 Å². The van der Waals surface area contributed by atoms with Crippen molar-refractivity contribution < 1.29 is 10.2 Å². The predicted octanol–water partition coefficient (Wildman–Crippen LogP) is 4.43. The van der Waals surface area contributed by atoms with Crippen LogP contribution in [0.15, 0.2) is 0 Å². The molecule has 0 fully saturated rings. The van der Waals surface area contributed by atoms with E-state index in [2.05, 4.69) is 25.7 Å². The van der Waals surface area contributed by atoms with Gasteiger partial charge in [-0.15, -0.1) is 0 Å². The maximum absolute atomic E-state index is 10.2. The van der Waals surface area contributed by atoms with Crippen molar-refractivity contribution in [3.63, 3.8) is 0 Å². The number of aliphatic hydroxyl groups is 2. The molecule has 0 heterocycles. The van der Waals surface area contributed by atoms with E-state index in [9.17, 15) is 10.2 Å². The van der Waals surface area contributed by atoms with Crippen molar-refractivity contribution in [2.45, 2.75) is 103 Å². The van der Waals surface area contributed by atoms with Crippen LogP contribution in [-0.4, -0.2) is 21.4 Å². The van der Waals surface area contributed by atoms with Gasteiger partial charge in [0, 0.05) is 0 Å². The summed E-state index contributed by atoms with van der Waals surface area (Å²) >= 11 is 0. The fourth-order valence-corrected chi connectivity index (χ4v) is 2.19. The summed E-state index contributed by atoms with van der Waals surface area (Å²) in [5, 5.41) is 20.4. The molecule has 0 bridgehead atoms. The van der Waals surface area contributed by atoms with Crippen molar-refractivity contribution in [1.29, 1.82) is 0 Å². The highest BCUT2D eigenvalue weighted by molar-refractivity contribution is 5.19. The summed E-state index contributed by atoms with van der Waals surface area (Å²) in [6.07, 6.45) is 10.4. The van der Waals surface area contributed by atoms with Crippen LogP contribution in [0.5, 0.6) is 0 Å². The molecule has 0 radical (unpaired) electrons. The Morgan fingerprint density at radius 2 is 1.00 bits per heavy atom. The number of hydrogen-bond donors (Lipinski definition) is 2. The van der Waals surface area contributed by atoms with Crippen LogP contribution >= 0.6 is 0 Å². The van der Waals surface area contributed by atoms with E-state index < -0.39 is 11.2 Å². The molecule has 0 aromatic carbocycles. The maximum Gasteiger partial charge on any atom is 0.122 e. The molecule has 118 valence electrons. The Morgan fingerprint density at radius 3 is 1.30 bits per heavy atom. The zero-order valence-corrected chi connectivity index (χ0v) is 14.0. The molecule has 2 N–H and O–H groups in total. The summed E-state index contributed by atoms with van der Waals surface area (Å²) < 4.78 is 0. The second kappa shape index (κ2) is 10.2. The minimum Gasteiger partial charge on any atom is -0.378 e. The van der Waals surface area contributed by atoms with Gasteiger partial charge in [-0.05, 0) is 39.5 Å². The standard InChI is InChI=1S/C18H34O2/c1-5-7-9-11-13-17(3,19)15-16-18(4,20)14-12-10-8-6-2/h19-20H,5-14H2,1-4H3/t17-,18-/m0/s1. The van der Waals surface area contributed by atoms with Gasteiger partial charge in [0.1, 0.15) is 11.2 Å². The van der Waals surface area contributed by atoms with Crippen molar-refractivity contribution in [3.05, 3.63) is 0 Å². The molecule has 2 nitrogen and oxygen atoms in total. The first-order valence-corrected chi connectivity index (χ1v) is 8.32. The Bertz CT molecular complexity index is 266. The van der Waals surface area contributed by atoms with Crippen molar-refractivity contribution in [2.24, 2.45) is 0 Å². The van der Waals surface area contributed by atoms with Crippen LogP contribution < -0.4 is 0 Å². The van der Waals surface area contributed by atoms with Crippen LogP contribution in [0.2, 0.25) is 0 Å². The molecule has 0 unspecified atom stereocenters. The van der Waals surface area contributed by atoms with E-state index in [1.54, 1.807) is 13.8 Å². The molecule has 0 spiro atoms. The van der Waals surface area contributed by atoms with Gasteiger partial charge in [0.15, 0.2) is 0 Å². The molecule has 0 amide bonds. The van der Waals surface area contributed by atoms with E-state index >= 15 is 0 Å². The van der Waals surface area contributed by atoms with E-state index in [0.29, 0.717) is 12.8 Å². The predicted molar refractivity (Wildman–Crippen MR) is 86.5 cm³/mol. The van der Waals surface area contributed by atoms with E-state index in [1.807, 2.05) is 0 Å². The Kier molecular flexibility index (Phi) is 9.98. The first-order chi connectivity index (χ1) is 9.33. The van der Waals surface area contributed by atoms with Crippen LogP contribution in [0, 0.1) is 11.8 Å². The number of unbranched alkanes of at least 4 members (excludes halogenated alkanes) is 6. The molecule has 0 aliphatic rings. The summed E-state index contributed by atoms with van der Waals surface area (Å²) in [4.78, 5) is 0. The van der Waals surface area contributed by atoms with Gasteiger partial charge in [0.25, 0.3) is 0 Å². The van der Waals surface area contributed by atoms with Gasteiger partial charge < -0.3 is 10.2 Å². The van der Waals surface area contributed by atoms with Gasteiger partial charge in [-0.2, -0.15) is 0 Å². The smallest absolute Gasteiger partial charge is 0.122 e. The Balaban J connectivity index is 4.15. The molecule has 0 aliphatic heterocycles. The molecule has 2 heteroatoms. The van der Waals surface area contributed by atoms with Crippen molar-refractivity contribution >= 4 is 0 Å². The molecule has 2 atom stereocenters. The zero-order chi connectivity index (χ0) is 15.5. The van der Waals surface area contributed by atoms with Crippen LogP contribution in [0.1, 0.15) is 91.9 Å². The first-order valence-electron chi connectivity index (χ1n) is 8.32. The highest BCUT2D eigenvalue weighted by atomic mass is 16.3. The van der Waals surface area contributed by atoms with Crippen molar-refractivity contribution in [2.75, 3.05) is 0 Å². The van der Waals surface area contributed by atoms with Crippen LogP contribution in [-0.2, 0) is 0 Å². The zero-order valence-electron chi connectivity index (χ0n) is 14.0. The molecule has 0 aromatic rings. The minimum absolute atomic E-state index is 0.686. The normalized spacial score (nSPS) is 16.9. The van der Waals surface area contributed by atoms with Gasteiger partial charge in [-0.1, -0.05) is 64.2 Å². The van der Waals surface area contributed by atoms with E-state index in [0.717, 1.165) is 25.7 Å². The first kappa shape index (κ1) is 19.5. The van der Waals surface area contributed by atoms with E-state index in [-0.39, 0.29) is 0 Å². The van der Waals surface area contributed by atoms with E-state index in [4.69, 9.17) is 0 Å². The van der Waals surface area contributed by atoms with Gasteiger partial charge in [-0.25, -0.2) is 0 Å². The third-order valence-corrected chi connectivity index (χ3v) is 3.64. The maximum atomic E-state index is 10.2. The quantitative estimate of drug-likeness (QED) is 0.459. The van der Waals surface area contributed by atoms with E-state index in [1.165, 1.54) is 25.7 Å². The Morgan fingerprint density at radius 1 is 0.650 bits per heavy atom. The summed E-state index contributed by atoms with van der Waals surface area (Å²) in [7, 11) is 0. The van der Waals surface area contributed by atoms with Crippen molar-refractivity contribution in [3.8, 4) is 11.8 Å². The average Bonchev–Trinajstić information content (AvgIpc) is 2.38. The second-order valence-corrected chi connectivity index (χ2v) is 6.42. The largest absolute Gasteiger partial charge is 0.378 e. The number of rotatable bonds is 10. The molecule has 0 saturated heterocycles. The summed E-state index contributed by atoms with van der Waals surface area (Å²) in [5.41, 5.74) is -1.94. The molecule has 0 rings (SSSR count). The second-order valence-electron chi connectivity index (χ2n) is 6.42. The molecular weight excluding hydrogens is 248 g/mol. The average molecular weight is 282 g/mol. The summed E-state index contributed by atoms with van der Waals surface area (Å²) in [6.45, 7) is 7.85. The lowest BCUT2D eigenvalue weighted by atomic mass is 9.94. The lowest BCUT2D eigenvalue weighted by Gasteiger charge is -2.19. The van der Waals surface area contributed by atoms with Crippen LogP contribution in [0.3, 0.4) is 0 Å². The molecule has 20 heavy (non-hydrogen) atoms. The van der Waals surface area contributed by atoms with Gasteiger partial charge in [0.2, 0.25) is 0 Å². The van der Waals surface area contributed by atoms with Gasteiger partial charge in [0.05, 0.1) is 0 Å². The lowest BCUT2D eigenvalue weighted by Crippen LogP contribution is -2.26. The minimum atomic E-state index is -0.971. The van der Waals surface area contributed by atoms with Gasteiger partial charge in [-0.3, -0.25) is 0 Å². The summed E-state index contributed by atoms with van der Waals surface area (Å²) in [5.74, 6) is 5.75. The topological polar surface area (TPSA) is 40.5 Å².